The first-order chi connectivity index (χ1) is 9.35. The summed E-state index contributed by atoms with van der Waals surface area (Å²) >= 11 is 1.47. The van der Waals surface area contributed by atoms with Crippen LogP contribution in [-0.4, -0.2) is 48.0 Å². The Labute approximate surface area is 124 Å². The average Bonchev–Trinajstić information content (AvgIpc) is 2.35. The molecule has 0 unspecified atom stereocenters. The second kappa shape index (κ2) is 5.93. The lowest BCUT2D eigenvalue weighted by Crippen LogP contribution is -2.63. The molecule has 7 heteroatoms. The van der Waals surface area contributed by atoms with Gasteiger partial charge in [-0.15, -0.1) is 11.8 Å². The van der Waals surface area contributed by atoms with E-state index >= 15 is 0 Å². The molecule has 0 aromatic heterocycles. The van der Waals surface area contributed by atoms with Crippen LogP contribution in [0.25, 0.3) is 0 Å². The fourth-order valence-corrected chi connectivity index (χ4v) is 4.97. The van der Waals surface area contributed by atoms with E-state index in [1.165, 1.54) is 16.1 Å². The Morgan fingerprint density at radius 3 is 2.75 bits per heavy atom. The first kappa shape index (κ1) is 15.6. The SMILES string of the molecule is CCC1(O)CN(S(=O)(=O)CCSc2cccc(N)c2)C1. The van der Waals surface area contributed by atoms with Gasteiger partial charge in [0.2, 0.25) is 10.0 Å². The number of nitrogens with two attached hydrogens (primary N) is 1. The number of sulfonamides is 1. The standard InChI is InChI=1S/C13H20N2O3S2/c1-2-13(16)9-15(10-13)20(17,18)7-6-19-12-5-3-4-11(14)8-12/h3-5,8,16H,2,6-7,9-10,14H2,1H3. The Morgan fingerprint density at radius 2 is 2.15 bits per heavy atom. The maximum Gasteiger partial charge on any atom is 0.215 e. The van der Waals surface area contributed by atoms with Gasteiger partial charge in [0.1, 0.15) is 0 Å². The third-order valence-corrected chi connectivity index (χ3v) is 6.48. The van der Waals surface area contributed by atoms with Crippen molar-refractivity contribution < 1.29 is 13.5 Å². The summed E-state index contributed by atoms with van der Waals surface area (Å²) in [6.45, 7) is 2.29. The first-order valence-corrected chi connectivity index (χ1v) is 9.13. The van der Waals surface area contributed by atoms with E-state index in [0.29, 0.717) is 17.9 Å². The first-order valence-electron chi connectivity index (χ1n) is 6.53. The van der Waals surface area contributed by atoms with Crippen molar-refractivity contribution in [2.24, 2.45) is 0 Å². The van der Waals surface area contributed by atoms with Gasteiger partial charge >= 0.3 is 0 Å². The molecule has 112 valence electrons. The van der Waals surface area contributed by atoms with Crippen LogP contribution in [0.1, 0.15) is 13.3 Å². The Bertz CT molecular complexity index is 569. The molecule has 0 bridgehead atoms. The number of anilines is 1. The van der Waals surface area contributed by atoms with E-state index in [4.69, 9.17) is 5.73 Å². The van der Waals surface area contributed by atoms with Crippen LogP contribution in [0.4, 0.5) is 5.69 Å². The highest BCUT2D eigenvalue weighted by Crippen LogP contribution is 2.28. The molecule has 1 aromatic rings. The van der Waals surface area contributed by atoms with E-state index in [9.17, 15) is 13.5 Å². The number of thioether (sulfide) groups is 1. The molecule has 1 saturated heterocycles. The number of rotatable bonds is 6. The Kier molecular flexibility index (Phi) is 4.63. The molecule has 1 aliphatic heterocycles. The van der Waals surface area contributed by atoms with Gasteiger partial charge in [-0.2, -0.15) is 4.31 Å². The van der Waals surface area contributed by atoms with Crippen molar-refractivity contribution in [3.63, 3.8) is 0 Å². The van der Waals surface area contributed by atoms with Crippen molar-refractivity contribution in [2.45, 2.75) is 23.8 Å². The molecule has 20 heavy (non-hydrogen) atoms. The zero-order valence-electron chi connectivity index (χ0n) is 11.4. The summed E-state index contributed by atoms with van der Waals surface area (Å²) in [5.74, 6) is 0.555. The zero-order chi connectivity index (χ0) is 14.8. The summed E-state index contributed by atoms with van der Waals surface area (Å²) in [6, 6.07) is 7.39. The lowest BCUT2D eigenvalue weighted by molar-refractivity contribution is -0.0612. The monoisotopic (exact) mass is 316 g/mol. The van der Waals surface area contributed by atoms with E-state index in [1.807, 2.05) is 25.1 Å². The summed E-state index contributed by atoms with van der Waals surface area (Å²) in [6.07, 6.45) is 0.580. The van der Waals surface area contributed by atoms with Gasteiger partial charge in [0.05, 0.1) is 11.4 Å². The minimum Gasteiger partial charge on any atom is -0.399 e. The minimum absolute atomic E-state index is 0.0757. The number of hydrogen-bond acceptors (Lipinski definition) is 5. The van der Waals surface area contributed by atoms with Gasteiger partial charge in [-0.05, 0) is 24.6 Å². The Hall–Kier alpha value is -0.760. The molecule has 1 heterocycles. The Morgan fingerprint density at radius 1 is 1.45 bits per heavy atom. The molecular formula is C13H20N2O3S2. The fourth-order valence-electron chi connectivity index (χ4n) is 2.03. The molecule has 0 atom stereocenters. The molecule has 1 fully saturated rings. The molecule has 0 radical (unpaired) electrons. The predicted octanol–water partition coefficient (Wildman–Crippen LogP) is 1.15. The largest absolute Gasteiger partial charge is 0.399 e. The number of hydrogen-bond donors (Lipinski definition) is 2. The topological polar surface area (TPSA) is 83.6 Å². The minimum atomic E-state index is -3.26. The number of β-amino-alcohol motifs (C(OH)–C–C–N with tert-alkyl or cyclic N) is 1. The number of benzene rings is 1. The van der Waals surface area contributed by atoms with Crippen molar-refractivity contribution >= 4 is 27.5 Å². The zero-order valence-corrected chi connectivity index (χ0v) is 13.1. The highest BCUT2D eigenvalue weighted by molar-refractivity contribution is 8.00. The summed E-state index contributed by atoms with van der Waals surface area (Å²) in [4.78, 5) is 0.967. The van der Waals surface area contributed by atoms with Crippen LogP contribution in [0.2, 0.25) is 0 Å². The van der Waals surface area contributed by atoms with Crippen LogP contribution in [0.15, 0.2) is 29.2 Å². The van der Waals surface area contributed by atoms with Crippen molar-refractivity contribution in [1.82, 2.24) is 4.31 Å². The molecule has 2 rings (SSSR count). The van der Waals surface area contributed by atoms with Crippen LogP contribution in [0.5, 0.6) is 0 Å². The van der Waals surface area contributed by atoms with Crippen molar-refractivity contribution in [1.29, 1.82) is 0 Å². The average molecular weight is 316 g/mol. The van der Waals surface area contributed by atoms with Crippen molar-refractivity contribution in [3.05, 3.63) is 24.3 Å². The van der Waals surface area contributed by atoms with Crippen LogP contribution in [0.3, 0.4) is 0 Å². The molecule has 0 spiro atoms. The van der Waals surface area contributed by atoms with Crippen molar-refractivity contribution in [3.8, 4) is 0 Å². The number of nitrogens with zero attached hydrogens (tertiary/aromatic N) is 1. The number of aliphatic hydroxyl groups is 1. The van der Waals surface area contributed by atoms with E-state index in [-0.39, 0.29) is 18.8 Å². The van der Waals surface area contributed by atoms with Gasteiger partial charge in [0, 0.05) is 29.4 Å². The molecule has 5 nitrogen and oxygen atoms in total. The van der Waals surface area contributed by atoms with E-state index < -0.39 is 15.6 Å². The highest BCUT2D eigenvalue weighted by atomic mass is 32.2. The van der Waals surface area contributed by atoms with Gasteiger partial charge in [0.15, 0.2) is 0 Å². The third-order valence-electron chi connectivity index (χ3n) is 3.46. The van der Waals surface area contributed by atoms with Crippen LogP contribution in [-0.2, 0) is 10.0 Å². The van der Waals surface area contributed by atoms with E-state index in [2.05, 4.69) is 0 Å². The second-order valence-corrected chi connectivity index (χ2v) is 8.34. The van der Waals surface area contributed by atoms with Gasteiger partial charge in [-0.25, -0.2) is 8.42 Å². The summed E-state index contributed by atoms with van der Waals surface area (Å²) in [5.41, 5.74) is 5.52. The summed E-state index contributed by atoms with van der Waals surface area (Å²) in [5, 5.41) is 9.86. The Balaban J connectivity index is 1.82. The van der Waals surface area contributed by atoms with E-state index in [0.717, 1.165) is 4.90 Å². The summed E-state index contributed by atoms with van der Waals surface area (Å²) < 4.78 is 25.5. The van der Waals surface area contributed by atoms with Crippen LogP contribution in [0, 0.1) is 0 Å². The van der Waals surface area contributed by atoms with Crippen LogP contribution >= 0.6 is 11.8 Å². The third kappa shape index (κ3) is 3.66. The molecule has 3 N–H and O–H groups in total. The fraction of sp³-hybridized carbons (Fsp3) is 0.538. The normalized spacial score (nSPS) is 18.7. The quantitative estimate of drug-likeness (QED) is 0.607. The maximum absolute atomic E-state index is 12.1. The molecular weight excluding hydrogens is 296 g/mol. The molecule has 1 aliphatic rings. The smallest absolute Gasteiger partial charge is 0.215 e. The maximum atomic E-state index is 12.1. The molecule has 1 aromatic carbocycles. The summed E-state index contributed by atoms with van der Waals surface area (Å²) in [7, 11) is -3.26. The molecule has 0 saturated carbocycles. The lowest BCUT2D eigenvalue weighted by Gasteiger charge is -2.44. The van der Waals surface area contributed by atoms with Gasteiger partial charge in [-0.3, -0.25) is 0 Å². The highest BCUT2D eigenvalue weighted by Gasteiger charge is 2.45. The van der Waals surface area contributed by atoms with E-state index in [1.54, 1.807) is 6.07 Å². The molecule has 0 amide bonds. The number of nitrogen functional groups attached to an aromatic ring is 1. The predicted molar refractivity (Wildman–Crippen MR) is 82.2 cm³/mol. The van der Waals surface area contributed by atoms with Crippen LogP contribution < -0.4 is 5.73 Å². The van der Waals surface area contributed by atoms with Gasteiger partial charge in [0.25, 0.3) is 0 Å². The molecule has 0 aliphatic carbocycles. The lowest BCUT2D eigenvalue weighted by atomic mass is 9.94. The van der Waals surface area contributed by atoms with Gasteiger partial charge < -0.3 is 10.8 Å². The van der Waals surface area contributed by atoms with Crippen molar-refractivity contribution in [2.75, 3.05) is 30.3 Å². The second-order valence-electron chi connectivity index (χ2n) is 5.08. The van der Waals surface area contributed by atoms with Gasteiger partial charge in [-0.1, -0.05) is 13.0 Å².